The van der Waals surface area contributed by atoms with Crippen LogP contribution in [-0.2, 0) is 0 Å². The molecular weight excluding hydrogens is 232 g/mol. The minimum atomic E-state index is 0.556. The van der Waals surface area contributed by atoms with Crippen LogP contribution in [0, 0.1) is 22.7 Å². The van der Waals surface area contributed by atoms with E-state index in [1.165, 1.54) is 11.1 Å². The molecule has 0 N–H and O–H groups in total. The molecule has 1 fully saturated rings. The van der Waals surface area contributed by atoms with Gasteiger partial charge in [0, 0.05) is 0 Å². The van der Waals surface area contributed by atoms with Crippen molar-refractivity contribution in [3.8, 4) is 12.1 Å². The molecule has 1 aliphatic carbocycles. The smallest absolute Gasteiger partial charge is 0.0991 e. The highest BCUT2D eigenvalue weighted by Crippen LogP contribution is 2.54. The molecule has 0 aliphatic heterocycles. The molecule has 0 heterocycles. The van der Waals surface area contributed by atoms with Gasteiger partial charge in [-0.3, -0.25) is 0 Å². The van der Waals surface area contributed by atoms with E-state index in [1.54, 1.807) is 0 Å². The molecule has 19 heavy (non-hydrogen) atoms. The Hall–Kier alpha value is -2.58. The molecule has 2 atom stereocenters. The highest BCUT2D eigenvalue weighted by Gasteiger charge is 2.39. The lowest BCUT2D eigenvalue weighted by Gasteiger charge is -2.02. The number of benzene rings is 2. The largest absolute Gasteiger partial charge is 0.192 e. The number of rotatable bonds is 2. The molecule has 0 unspecified atom stereocenters. The van der Waals surface area contributed by atoms with Crippen LogP contribution in [-0.4, -0.2) is 0 Å². The van der Waals surface area contributed by atoms with E-state index in [0.717, 1.165) is 6.42 Å². The van der Waals surface area contributed by atoms with E-state index >= 15 is 0 Å². The lowest BCUT2D eigenvalue weighted by Crippen LogP contribution is -1.85. The van der Waals surface area contributed by atoms with Crippen LogP contribution in [0.3, 0.4) is 0 Å². The van der Waals surface area contributed by atoms with Crippen LogP contribution in [0.25, 0.3) is 0 Å². The Labute approximate surface area is 112 Å². The fourth-order valence-corrected chi connectivity index (χ4v) is 2.54. The van der Waals surface area contributed by atoms with Crippen LogP contribution >= 0.6 is 0 Å². The van der Waals surface area contributed by atoms with Crippen molar-refractivity contribution in [1.82, 2.24) is 0 Å². The van der Waals surface area contributed by atoms with Gasteiger partial charge in [-0.05, 0) is 53.6 Å². The van der Waals surface area contributed by atoms with Gasteiger partial charge in [-0.25, -0.2) is 0 Å². The molecular formula is C17H12N2. The van der Waals surface area contributed by atoms with E-state index in [4.69, 9.17) is 10.5 Å². The molecule has 2 heteroatoms. The maximum absolute atomic E-state index is 8.79. The van der Waals surface area contributed by atoms with Crippen LogP contribution < -0.4 is 0 Å². The lowest BCUT2D eigenvalue weighted by molar-refractivity contribution is 1.03. The molecule has 1 saturated carbocycles. The highest BCUT2D eigenvalue weighted by molar-refractivity contribution is 5.41. The van der Waals surface area contributed by atoms with Gasteiger partial charge in [0.25, 0.3) is 0 Å². The second-order valence-corrected chi connectivity index (χ2v) is 4.92. The summed E-state index contributed by atoms with van der Waals surface area (Å²) in [4.78, 5) is 0. The minimum absolute atomic E-state index is 0.556. The van der Waals surface area contributed by atoms with Crippen LogP contribution in [0.2, 0.25) is 0 Å². The van der Waals surface area contributed by atoms with Gasteiger partial charge in [-0.2, -0.15) is 10.5 Å². The van der Waals surface area contributed by atoms with Gasteiger partial charge in [0.05, 0.1) is 23.3 Å². The Bertz CT molecular complexity index is 608. The molecule has 0 amide bonds. The summed E-state index contributed by atoms with van der Waals surface area (Å²) >= 11 is 0. The molecule has 1 aliphatic rings. The van der Waals surface area contributed by atoms with Crippen LogP contribution in [0.15, 0.2) is 48.5 Å². The minimum Gasteiger partial charge on any atom is -0.192 e. The molecule has 3 rings (SSSR count). The van der Waals surface area contributed by atoms with E-state index in [2.05, 4.69) is 12.1 Å². The number of nitrogens with zero attached hydrogens (tertiary/aromatic N) is 2. The molecule has 2 aromatic carbocycles. The van der Waals surface area contributed by atoms with E-state index < -0.39 is 0 Å². The normalized spacial score (nSPS) is 20.3. The predicted octanol–water partition coefficient (Wildman–Crippen LogP) is 3.70. The average molecular weight is 244 g/mol. The average Bonchev–Trinajstić information content (AvgIpc) is 3.28. The van der Waals surface area contributed by atoms with E-state index in [0.29, 0.717) is 23.0 Å². The Morgan fingerprint density at radius 3 is 1.37 bits per heavy atom. The lowest BCUT2D eigenvalue weighted by atomic mass is 10.0. The fourth-order valence-electron chi connectivity index (χ4n) is 2.54. The fraction of sp³-hybridized carbons (Fsp3) is 0.176. The zero-order valence-electron chi connectivity index (χ0n) is 10.4. The second kappa shape index (κ2) is 4.59. The van der Waals surface area contributed by atoms with Crippen LogP contribution in [0.4, 0.5) is 0 Å². The van der Waals surface area contributed by atoms with Gasteiger partial charge in [-0.1, -0.05) is 24.3 Å². The van der Waals surface area contributed by atoms with Crippen molar-refractivity contribution < 1.29 is 0 Å². The van der Waals surface area contributed by atoms with E-state index in [9.17, 15) is 0 Å². The summed E-state index contributed by atoms with van der Waals surface area (Å²) in [7, 11) is 0. The van der Waals surface area contributed by atoms with Gasteiger partial charge < -0.3 is 0 Å². The Morgan fingerprint density at radius 1 is 0.684 bits per heavy atom. The molecule has 0 saturated heterocycles. The first-order chi connectivity index (χ1) is 9.31. The van der Waals surface area contributed by atoms with Crippen LogP contribution in [0.5, 0.6) is 0 Å². The van der Waals surface area contributed by atoms with Crippen molar-refractivity contribution in [2.45, 2.75) is 18.3 Å². The van der Waals surface area contributed by atoms with Gasteiger partial charge in [0.2, 0.25) is 0 Å². The van der Waals surface area contributed by atoms with Crippen molar-refractivity contribution in [1.29, 1.82) is 10.5 Å². The predicted molar refractivity (Wildman–Crippen MR) is 72.4 cm³/mol. The third-order valence-electron chi connectivity index (χ3n) is 3.73. The van der Waals surface area contributed by atoms with Crippen molar-refractivity contribution in [3.63, 3.8) is 0 Å². The molecule has 0 bridgehead atoms. The van der Waals surface area contributed by atoms with E-state index in [-0.39, 0.29) is 0 Å². The quantitative estimate of drug-likeness (QED) is 0.808. The summed E-state index contributed by atoms with van der Waals surface area (Å²) in [6, 6.07) is 20.0. The van der Waals surface area contributed by atoms with Gasteiger partial charge in [-0.15, -0.1) is 0 Å². The molecule has 0 radical (unpaired) electrons. The van der Waals surface area contributed by atoms with Crippen molar-refractivity contribution >= 4 is 0 Å². The Balaban J connectivity index is 1.76. The van der Waals surface area contributed by atoms with Crippen molar-refractivity contribution in [2.75, 3.05) is 0 Å². The summed E-state index contributed by atoms with van der Waals surface area (Å²) in [5.41, 5.74) is 4.01. The number of hydrogen-bond acceptors (Lipinski definition) is 2. The molecule has 2 aromatic rings. The third kappa shape index (κ3) is 2.21. The van der Waals surface area contributed by atoms with Gasteiger partial charge in [0.15, 0.2) is 0 Å². The second-order valence-electron chi connectivity index (χ2n) is 4.92. The number of hydrogen-bond donors (Lipinski definition) is 0. The Kier molecular flexibility index (Phi) is 2.78. The first kappa shape index (κ1) is 11.5. The first-order valence-corrected chi connectivity index (χ1v) is 6.32. The zero-order valence-corrected chi connectivity index (χ0v) is 10.4. The van der Waals surface area contributed by atoms with Gasteiger partial charge in [0.1, 0.15) is 0 Å². The van der Waals surface area contributed by atoms with Gasteiger partial charge >= 0.3 is 0 Å². The molecule has 90 valence electrons. The standard InChI is InChI=1S/C17H12N2/c18-10-12-1-5-14(6-2-12)16-9-17(16)15-7-3-13(11-19)4-8-15/h1-8,16-17H,9H2/t16-,17-/m1/s1. The first-order valence-electron chi connectivity index (χ1n) is 6.32. The third-order valence-corrected chi connectivity index (χ3v) is 3.73. The summed E-state index contributed by atoms with van der Waals surface area (Å²) < 4.78 is 0. The van der Waals surface area contributed by atoms with Crippen molar-refractivity contribution in [3.05, 3.63) is 70.8 Å². The SMILES string of the molecule is N#Cc1ccc([C@H]2C[C@@H]2c2ccc(C#N)cc2)cc1. The monoisotopic (exact) mass is 244 g/mol. The molecule has 0 aromatic heterocycles. The summed E-state index contributed by atoms with van der Waals surface area (Å²) in [5, 5.41) is 17.6. The summed E-state index contributed by atoms with van der Waals surface area (Å²) in [6.45, 7) is 0. The van der Waals surface area contributed by atoms with Crippen molar-refractivity contribution in [2.24, 2.45) is 0 Å². The van der Waals surface area contributed by atoms with Crippen LogP contribution in [0.1, 0.15) is 40.5 Å². The maximum Gasteiger partial charge on any atom is 0.0991 e. The topological polar surface area (TPSA) is 47.6 Å². The number of nitriles is 2. The highest BCUT2D eigenvalue weighted by atomic mass is 14.4. The molecule has 0 spiro atoms. The summed E-state index contributed by atoms with van der Waals surface area (Å²) in [6.07, 6.45) is 1.15. The maximum atomic E-state index is 8.79. The summed E-state index contributed by atoms with van der Waals surface area (Å²) in [5.74, 6) is 1.11. The molecule has 2 nitrogen and oxygen atoms in total. The Morgan fingerprint density at radius 2 is 1.05 bits per heavy atom. The van der Waals surface area contributed by atoms with E-state index in [1.807, 2.05) is 48.5 Å². The zero-order chi connectivity index (χ0) is 13.2.